The first kappa shape index (κ1) is 26.6. The first-order chi connectivity index (χ1) is 17.3. The topological polar surface area (TPSA) is 71.9 Å². The van der Waals surface area contributed by atoms with Crippen molar-refractivity contribution in [1.82, 2.24) is 24.8 Å². The Bertz CT molecular complexity index is 1260. The maximum atomic E-state index is 14.7. The van der Waals surface area contributed by atoms with Gasteiger partial charge in [-0.3, -0.25) is 9.78 Å². The largest absolute Gasteiger partial charge is 0.419 e. The molecule has 0 radical (unpaired) electrons. The van der Waals surface area contributed by atoms with E-state index in [2.05, 4.69) is 19.9 Å². The van der Waals surface area contributed by atoms with Gasteiger partial charge in [-0.05, 0) is 49.9 Å². The molecule has 0 unspecified atom stereocenters. The highest BCUT2D eigenvalue weighted by Gasteiger charge is 2.46. The van der Waals surface area contributed by atoms with Gasteiger partial charge in [-0.15, -0.1) is 0 Å². The molecule has 4 rings (SSSR count). The molecule has 37 heavy (non-hydrogen) atoms. The highest BCUT2D eigenvalue weighted by molar-refractivity contribution is 5.99. The van der Waals surface area contributed by atoms with Gasteiger partial charge in [0.1, 0.15) is 11.5 Å². The number of aryl methyl sites for hydroxylation is 3. The van der Waals surface area contributed by atoms with Crippen molar-refractivity contribution in [2.75, 3.05) is 6.54 Å². The van der Waals surface area contributed by atoms with Gasteiger partial charge < -0.3 is 4.90 Å². The van der Waals surface area contributed by atoms with Crippen LogP contribution in [0.2, 0.25) is 0 Å². The van der Waals surface area contributed by atoms with Gasteiger partial charge in [0.05, 0.1) is 17.8 Å². The fraction of sp³-hybridized carbons (Fsp3) is 0.423. The number of amides is 1. The number of carbonyl (C=O) groups excluding carboxylic acids is 1. The van der Waals surface area contributed by atoms with Gasteiger partial charge in [-0.25, -0.2) is 23.7 Å². The zero-order chi connectivity index (χ0) is 27.0. The van der Waals surface area contributed by atoms with Crippen molar-refractivity contribution >= 4 is 5.91 Å². The summed E-state index contributed by atoms with van der Waals surface area (Å²) in [6.45, 7) is 4.43. The molecule has 1 aliphatic heterocycles. The molecule has 0 aromatic carbocycles. The molecule has 3 aromatic heterocycles. The van der Waals surface area contributed by atoms with E-state index in [1.165, 1.54) is 0 Å². The molecule has 1 saturated heterocycles. The molecule has 6 nitrogen and oxygen atoms in total. The minimum absolute atomic E-state index is 0.0250. The molecule has 0 aliphatic carbocycles. The molecule has 3 aromatic rings. The van der Waals surface area contributed by atoms with Crippen LogP contribution in [-0.4, -0.2) is 49.3 Å². The average molecular weight is 520 g/mol. The Balaban J connectivity index is 1.63. The van der Waals surface area contributed by atoms with Gasteiger partial charge in [0.25, 0.3) is 11.8 Å². The maximum absolute atomic E-state index is 14.7. The minimum Gasteiger partial charge on any atom is -0.328 e. The molecular formula is C26H26F5N5O. The van der Waals surface area contributed by atoms with Crippen LogP contribution in [0.4, 0.5) is 22.0 Å². The third-order valence-corrected chi connectivity index (χ3v) is 6.46. The van der Waals surface area contributed by atoms with E-state index in [1.807, 2.05) is 13.0 Å². The Morgan fingerprint density at radius 3 is 2.38 bits per heavy atom. The van der Waals surface area contributed by atoms with E-state index in [1.54, 1.807) is 38.2 Å². The highest BCUT2D eigenvalue weighted by atomic mass is 19.4. The lowest BCUT2D eigenvalue weighted by atomic mass is 9.85. The Morgan fingerprint density at radius 1 is 1.05 bits per heavy atom. The summed E-state index contributed by atoms with van der Waals surface area (Å²) in [4.78, 5) is 31.2. The molecule has 0 bridgehead atoms. The quantitative estimate of drug-likeness (QED) is 0.405. The third kappa shape index (κ3) is 6.08. The molecule has 0 N–H and O–H groups in total. The van der Waals surface area contributed by atoms with Crippen LogP contribution in [0.5, 0.6) is 0 Å². The number of pyridine rings is 2. The van der Waals surface area contributed by atoms with E-state index in [0.717, 1.165) is 10.5 Å². The van der Waals surface area contributed by atoms with Crippen molar-refractivity contribution in [3.05, 3.63) is 71.2 Å². The van der Waals surface area contributed by atoms with Gasteiger partial charge >= 0.3 is 6.18 Å². The van der Waals surface area contributed by atoms with Crippen molar-refractivity contribution in [2.24, 2.45) is 5.92 Å². The number of rotatable bonds is 5. The van der Waals surface area contributed by atoms with Crippen LogP contribution in [0.3, 0.4) is 0 Å². The van der Waals surface area contributed by atoms with E-state index in [9.17, 15) is 26.7 Å². The summed E-state index contributed by atoms with van der Waals surface area (Å²) in [5, 5.41) is 0. The molecule has 2 atom stereocenters. The van der Waals surface area contributed by atoms with Crippen LogP contribution in [-0.2, 0) is 12.6 Å². The lowest BCUT2D eigenvalue weighted by Gasteiger charge is -2.43. The van der Waals surface area contributed by atoms with Gasteiger partial charge in [0.15, 0.2) is 0 Å². The zero-order valence-corrected chi connectivity index (χ0v) is 20.6. The van der Waals surface area contributed by atoms with E-state index in [4.69, 9.17) is 0 Å². The number of halogens is 5. The van der Waals surface area contributed by atoms with Crippen LogP contribution < -0.4 is 0 Å². The van der Waals surface area contributed by atoms with E-state index >= 15 is 0 Å². The molecule has 0 saturated carbocycles. The molecule has 0 spiro atoms. The first-order valence-corrected chi connectivity index (χ1v) is 11.8. The number of alkyl halides is 5. The van der Waals surface area contributed by atoms with Gasteiger partial charge in [-0.2, -0.15) is 13.2 Å². The number of aromatic nitrogens is 4. The average Bonchev–Trinajstić information content (AvgIpc) is 2.82. The van der Waals surface area contributed by atoms with E-state index < -0.39 is 48.5 Å². The highest BCUT2D eigenvalue weighted by Crippen LogP contribution is 2.37. The third-order valence-electron chi connectivity index (χ3n) is 6.46. The summed E-state index contributed by atoms with van der Waals surface area (Å²) in [7, 11) is 0. The lowest BCUT2D eigenvalue weighted by Crippen LogP contribution is -2.55. The molecule has 1 amide bonds. The molecule has 4 heterocycles. The van der Waals surface area contributed by atoms with Crippen LogP contribution in [0.15, 0.2) is 42.9 Å². The Morgan fingerprint density at radius 2 is 1.76 bits per heavy atom. The predicted octanol–water partition coefficient (Wildman–Crippen LogP) is 5.69. The van der Waals surface area contributed by atoms with Crippen LogP contribution in [0.25, 0.3) is 11.3 Å². The Kier molecular flexibility index (Phi) is 7.25. The first-order valence-electron chi connectivity index (χ1n) is 11.8. The smallest absolute Gasteiger partial charge is 0.328 e. The second kappa shape index (κ2) is 10.1. The van der Waals surface area contributed by atoms with Crippen molar-refractivity contribution in [3.8, 4) is 11.3 Å². The van der Waals surface area contributed by atoms with Crippen molar-refractivity contribution < 1.29 is 26.7 Å². The number of carbonyl (C=O) groups is 1. The summed E-state index contributed by atoms with van der Waals surface area (Å²) in [5.41, 5.74) is 1.45. The SMILES string of the molecule is Cc1ccc(-c2ccc(C)nc2C(=O)N2CC(F)(F)C[C@@H](C)[C@H]2CCc2ncc(C(F)(F)F)cn2)nc1. The van der Waals surface area contributed by atoms with Gasteiger partial charge in [-0.1, -0.05) is 13.0 Å². The standard InChI is InChI=1S/C26H26F5N5O/c1-15-4-7-20(32-11-15)19-6-5-17(3)35-23(19)24(37)36-14-25(27,28)10-16(2)21(36)8-9-22-33-12-18(13-34-22)26(29,30)31/h4-7,11-13,16,21H,8-10,14H2,1-3H3/t16-,21-/m1/s1. The molecule has 196 valence electrons. The molecule has 1 fully saturated rings. The second-order valence-electron chi connectivity index (χ2n) is 9.53. The Hall–Kier alpha value is -3.50. The second-order valence-corrected chi connectivity index (χ2v) is 9.53. The normalized spacial score (nSPS) is 19.6. The van der Waals surface area contributed by atoms with Crippen molar-refractivity contribution in [2.45, 2.75) is 58.2 Å². The number of hydrogen-bond acceptors (Lipinski definition) is 5. The van der Waals surface area contributed by atoms with Crippen LogP contribution in [0, 0.1) is 19.8 Å². The summed E-state index contributed by atoms with van der Waals surface area (Å²) < 4.78 is 67.8. The van der Waals surface area contributed by atoms with E-state index in [-0.39, 0.29) is 24.4 Å². The number of hydrogen-bond donors (Lipinski definition) is 0. The van der Waals surface area contributed by atoms with Crippen molar-refractivity contribution in [1.29, 1.82) is 0 Å². The molecule has 11 heteroatoms. The maximum Gasteiger partial charge on any atom is 0.419 e. The lowest BCUT2D eigenvalue weighted by molar-refractivity contribution is -0.138. The number of nitrogens with zero attached hydrogens (tertiary/aromatic N) is 5. The van der Waals surface area contributed by atoms with Crippen LogP contribution >= 0.6 is 0 Å². The van der Waals surface area contributed by atoms with Crippen molar-refractivity contribution in [3.63, 3.8) is 0 Å². The number of likely N-dealkylation sites (tertiary alicyclic amines) is 1. The molecule has 1 aliphatic rings. The summed E-state index contributed by atoms with van der Waals surface area (Å²) in [6, 6.07) is 6.38. The molecular weight excluding hydrogens is 493 g/mol. The minimum atomic E-state index is -4.56. The summed E-state index contributed by atoms with van der Waals surface area (Å²) in [6.07, 6.45) is -1.61. The predicted molar refractivity (Wildman–Crippen MR) is 126 cm³/mol. The monoisotopic (exact) mass is 519 g/mol. The Labute approximate surface area is 211 Å². The fourth-order valence-electron chi connectivity index (χ4n) is 4.60. The summed E-state index contributed by atoms with van der Waals surface area (Å²) >= 11 is 0. The zero-order valence-electron chi connectivity index (χ0n) is 20.6. The van der Waals surface area contributed by atoms with Gasteiger partial charge in [0.2, 0.25) is 0 Å². The van der Waals surface area contributed by atoms with E-state index in [0.29, 0.717) is 29.3 Å². The number of piperidine rings is 1. The van der Waals surface area contributed by atoms with Crippen LogP contribution in [0.1, 0.15) is 52.9 Å². The fourth-order valence-corrected chi connectivity index (χ4v) is 4.60. The summed E-state index contributed by atoms with van der Waals surface area (Å²) in [5.74, 6) is -4.18. The van der Waals surface area contributed by atoms with Gasteiger partial charge in [0, 0.05) is 48.7 Å².